The fourth-order valence-corrected chi connectivity index (χ4v) is 3.68. The normalized spacial score (nSPS) is 30.3. The third-order valence-electron chi connectivity index (χ3n) is 4.95. The zero-order valence-electron chi connectivity index (χ0n) is 17.2. The van der Waals surface area contributed by atoms with E-state index in [1.807, 2.05) is 30.3 Å². The van der Waals surface area contributed by atoms with Crippen LogP contribution in [0.15, 0.2) is 30.3 Å². The van der Waals surface area contributed by atoms with Crippen molar-refractivity contribution in [3.05, 3.63) is 35.9 Å². The van der Waals surface area contributed by atoms with Crippen molar-refractivity contribution in [2.75, 3.05) is 19.8 Å². The number of rotatable bonds is 7. The van der Waals surface area contributed by atoms with E-state index < -0.39 is 46.6 Å². The van der Waals surface area contributed by atoms with Crippen LogP contribution < -0.4 is 10.6 Å². The average Bonchev–Trinajstić information content (AvgIpc) is 2.75. The first-order valence-corrected chi connectivity index (χ1v) is 11.2. The van der Waals surface area contributed by atoms with Crippen molar-refractivity contribution >= 4 is 46.6 Å². The molecule has 1 aromatic carbocycles. The molecule has 0 saturated carbocycles. The van der Waals surface area contributed by atoms with Crippen molar-refractivity contribution in [2.24, 2.45) is 0 Å². The molecular formula is C20H25Cl3N2O7. The number of nitrogens with one attached hydrogen (secondary N) is 2. The highest BCUT2D eigenvalue weighted by molar-refractivity contribution is 6.76. The van der Waals surface area contributed by atoms with Gasteiger partial charge in [-0.05, 0) is 6.42 Å². The van der Waals surface area contributed by atoms with Crippen molar-refractivity contribution < 1.29 is 33.6 Å². The molecule has 0 aromatic heterocycles. The van der Waals surface area contributed by atoms with E-state index in [4.69, 9.17) is 53.8 Å². The Morgan fingerprint density at radius 3 is 2.59 bits per heavy atom. The Hall–Kier alpha value is -1.17. The van der Waals surface area contributed by atoms with Crippen LogP contribution in [0.25, 0.3) is 0 Å². The number of carbonyl (C=O) groups is 2. The first-order chi connectivity index (χ1) is 15.2. The molecule has 3 rings (SSSR count). The molecule has 32 heavy (non-hydrogen) atoms. The van der Waals surface area contributed by atoms with Crippen LogP contribution in [0.5, 0.6) is 0 Å². The van der Waals surface area contributed by atoms with E-state index in [0.29, 0.717) is 6.42 Å². The number of hydrogen-bond acceptors (Lipinski definition) is 7. The molecule has 1 unspecified atom stereocenters. The van der Waals surface area contributed by atoms with E-state index >= 15 is 0 Å². The number of benzene rings is 1. The van der Waals surface area contributed by atoms with Gasteiger partial charge in [0.05, 0.1) is 13.2 Å². The van der Waals surface area contributed by atoms with Crippen LogP contribution in [0, 0.1) is 0 Å². The maximum Gasteiger partial charge on any atom is 0.272 e. The lowest BCUT2D eigenvalue weighted by molar-refractivity contribution is -0.344. The molecule has 0 bridgehead atoms. The van der Waals surface area contributed by atoms with Crippen molar-refractivity contribution in [1.82, 2.24) is 10.6 Å². The van der Waals surface area contributed by atoms with Gasteiger partial charge < -0.3 is 34.7 Å². The Kier molecular flexibility index (Phi) is 8.99. The number of amides is 2. The minimum Gasteiger partial charge on any atom is -0.388 e. The summed E-state index contributed by atoms with van der Waals surface area (Å²) >= 11 is 16.5. The Morgan fingerprint density at radius 2 is 1.94 bits per heavy atom. The molecule has 3 N–H and O–H groups in total. The Balaban J connectivity index is 1.57. The molecule has 0 radical (unpaired) electrons. The maximum absolute atomic E-state index is 11.7. The highest BCUT2D eigenvalue weighted by atomic mass is 35.6. The van der Waals surface area contributed by atoms with Gasteiger partial charge >= 0.3 is 0 Å². The van der Waals surface area contributed by atoms with Crippen LogP contribution in [0.1, 0.15) is 25.2 Å². The molecule has 0 aliphatic carbocycles. The zero-order chi connectivity index (χ0) is 23.3. The molecule has 2 aliphatic rings. The standard InChI is InChI=1S/C20H25Cl3N2O7/c1-11(26)25-14-15(27)16-13(10-30-17(32-16)12-6-3-2-4-7-12)31-18(14)29-9-5-8-24-19(28)20(21,22)23/h2-4,6-7,13-18,27H,5,8-10H2,1H3,(H,24,28)(H,25,26)/t13-,14-,15-,16-,17?,18-/m1/s1. The molecule has 2 heterocycles. The molecule has 2 fully saturated rings. The smallest absolute Gasteiger partial charge is 0.272 e. The van der Waals surface area contributed by atoms with Crippen molar-refractivity contribution in [3.63, 3.8) is 0 Å². The summed E-state index contributed by atoms with van der Waals surface area (Å²) in [6.07, 6.45) is -3.64. The molecule has 178 valence electrons. The first kappa shape index (κ1) is 25.5. The summed E-state index contributed by atoms with van der Waals surface area (Å²) in [6, 6.07) is 8.47. The maximum atomic E-state index is 11.7. The van der Waals surface area contributed by atoms with E-state index in [9.17, 15) is 14.7 Å². The Labute approximate surface area is 200 Å². The van der Waals surface area contributed by atoms with Crippen molar-refractivity contribution in [3.8, 4) is 0 Å². The average molecular weight is 512 g/mol. The minimum absolute atomic E-state index is 0.152. The number of aliphatic hydroxyl groups excluding tert-OH is 1. The van der Waals surface area contributed by atoms with Crippen molar-refractivity contribution in [1.29, 1.82) is 0 Å². The van der Waals surface area contributed by atoms with Gasteiger partial charge in [0.15, 0.2) is 12.6 Å². The second kappa shape index (κ2) is 11.3. The van der Waals surface area contributed by atoms with Gasteiger partial charge in [-0.3, -0.25) is 9.59 Å². The molecule has 12 heteroatoms. The minimum atomic E-state index is -2.04. The number of alkyl halides is 3. The molecular weight excluding hydrogens is 487 g/mol. The number of ether oxygens (including phenoxy) is 4. The summed E-state index contributed by atoms with van der Waals surface area (Å²) in [4.78, 5) is 23.3. The lowest BCUT2D eigenvalue weighted by Gasteiger charge is -2.47. The topological polar surface area (TPSA) is 115 Å². The van der Waals surface area contributed by atoms with Crippen LogP contribution in [0.4, 0.5) is 0 Å². The van der Waals surface area contributed by atoms with Gasteiger partial charge in [0.25, 0.3) is 9.70 Å². The monoisotopic (exact) mass is 510 g/mol. The number of halogens is 3. The van der Waals surface area contributed by atoms with Crippen LogP contribution >= 0.6 is 34.8 Å². The quantitative estimate of drug-likeness (QED) is 0.376. The number of carbonyl (C=O) groups excluding carboxylic acids is 2. The van der Waals surface area contributed by atoms with Crippen LogP contribution in [-0.4, -0.2) is 71.1 Å². The summed E-state index contributed by atoms with van der Waals surface area (Å²) < 4.78 is 21.4. The Morgan fingerprint density at radius 1 is 1.22 bits per heavy atom. The van der Waals surface area contributed by atoms with E-state index in [1.54, 1.807) is 0 Å². The lowest BCUT2D eigenvalue weighted by Crippen LogP contribution is -2.66. The van der Waals surface area contributed by atoms with Gasteiger partial charge in [0.1, 0.15) is 24.4 Å². The summed E-state index contributed by atoms with van der Waals surface area (Å²) in [7, 11) is 0. The molecule has 2 aliphatic heterocycles. The van der Waals surface area contributed by atoms with Crippen molar-refractivity contribution in [2.45, 2.75) is 54.1 Å². The molecule has 9 nitrogen and oxygen atoms in total. The summed E-state index contributed by atoms with van der Waals surface area (Å²) in [6.45, 7) is 1.86. The fraction of sp³-hybridized carbons (Fsp3) is 0.600. The van der Waals surface area contributed by atoms with E-state index in [-0.39, 0.29) is 25.7 Å². The SMILES string of the molecule is CC(=O)N[C@H]1[C@H](OCCCNC(=O)C(Cl)(Cl)Cl)O[C@@H]2COC(c3ccccc3)O[C@H]2[C@@H]1O. The molecule has 0 spiro atoms. The summed E-state index contributed by atoms with van der Waals surface area (Å²) in [5.41, 5.74) is 0.810. The molecule has 2 saturated heterocycles. The lowest BCUT2D eigenvalue weighted by atomic mass is 9.95. The predicted octanol–water partition coefficient (Wildman–Crippen LogP) is 1.58. The van der Waals surface area contributed by atoms with E-state index in [1.165, 1.54) is 6.92 Å². The van der Waals surface area contributed by atoms with Gasteiger partial charge in [-0.1, -0.05) is 65.1 Å². The highest BCUT2D eigenvalue weighted by Gasteiger charge is 2.50. The third kappa shape index (κ3) is 6.68. The third-order valence-corrected chi connectivity index (χ3v) is 5.47. The van der Waals surface area contributed by atoms with E-state index in [2.05, 4.69) is 10.6 Å². The zero-order valence-corrected chi connectivity index (χ0v) is 19.5. The fourth-order valence-electron chi connectivity index (χ4n) is 3.48. The van der Waals surface area contributed by atoms with Gasteiger partial charge in [-0.25, -0.2) is 0 Å². The van der Waals surface area contributed by atoms with Crippen LogP contribution in [0.3, 0.4) is 0 Å². The second-order valence-corrected chi connectivity index (χ2v) is 9.70. The van der Waals surface area contributed by atoms with Gasteiger partial charge in [-0.15, -0.1) is 0 Å². The molecule has 1 aromatic rings. The number of hydrogen-bond donors (Lipinski definition) is 3. The van der Waals surface area contributed by atoms with E-state index in [0.717, 1.165) is 5.56 Å². The summed E-state index contributed by atoms with van der Waals surface area (Å²) in [5, 5.41) is 16.1. The largest absolute Gasteiger partial charge is 0.388 e. The highest BCUT2D eigenvalue weighted by Crippen LogP contribution is 2.34. The van der Waals surface area contributed by atoms with Crippen LogP contribution in [-0.2, 0) is 28.5 Å². The second-order valence-electron chi connectivity index (χ2n) is 7.41. The first-order valence-electron chi connectivity index (χ1n) is 10.1. The summed E-state index contributed by atoms with van der Waals surface area (Å²) in [5.74, 6) is -1.10. The van der Waals surface area contributed by atoms with Gasteiger partial charge in [-0.2, -0.15) is 0 Å². The predicted molar refractivity (Wildman–Crippen MR) is 116 cm³/mol. The molecule has 6 atom stereocenters. The molecule has 2 amide bonds. The number of fused-ring (bicyclic) bond motifs is 1. The van der Waals surface area contributed by atoms with Crippen LogP contribution in [0.2, 0.25) is 0 Å². The Bertz CT molecular complexity index is 780. The van der Waals surface area contributed by atoms with Gasteiger partial charge in [0.2, 0.25) is 5.91 Å². The number of aliphatic hydroxyl groups is 1. The van der Waals surface area contributed by atoms with Gasteiger partial charge in [0, 0.05) is 19.0 Å².